The summed E-state index contributed by atoms with van der Waals surface area (Å²) in [4.78, 5) is 18.9. The minimum absolute atomic E-state index is 0.156. The van der Waals surface area contributed by atoms with Gasteiger partial charge in [0.1, 0.15) is 0 Å². The van der Waals surface area contributed by atoms with Gasteiger partial charge in [0.25, 0.3) is 0 Å². The monoisotopic (exact) mass is 317 g/mol. The predicted octanol–water partition coefficient (Wildman–Crippen LogP) is 2.15. The molecule has 2 aliphatic rings. The molecule has 1 aromatic rings. The van der Waals surface area contributed by atoms with Crippen molar-refractivity contribution in [3.8, 4) is 0 Å². The first-order valence-electron chi connectivity index (χ1n) is 8.75. The van der Waals surface area contributed by atoms with Gasteiger partial charge < -0.3 is 15.0 Å². The summed E-state index contributed by atoms with van der Waals surface area (Å²) in [6, 6.07) is 4.23. The van der Waals surface area contributed by atoms with Gasteiger partial charge in [-0.05, 0) is 50.7 Å². The zero-order chi connectivity index (χ0) is 16.1. The summed E-state index contributed by atoms with van der Waals surface area (Å²) in [5.74, 6) is 0.974. The van der Waals surface area contributed by atoms with E-state index in [4.69, 9.17) is 4.74 Å². The van der Waals surface area contributed by atoms with Crippen molar-refractivity contribution in [3.05, 3.63) is 24.0 Å². The average molecular weight is 317 g/mol. The maximum Gasteiger partial charge on any atom is 0.223 e. The largest absolute Gasteiger partial charge is 0.381 e. The molecule has 23 heavy (non-hydrogen) atoms. The minimum Gasteiger partial charge on any atom is -0.381 e. The molecule has 0 unspecified atom stereocenters. The lowest BCUT2D eigenvalue weighted by molar-refractivity contribution is -0.128. The molecule has 0 saturated carbocycles. The molecule has 0 bridgehead atoms. The van der Waals surface area contributed by atoms with Crippen LogP contribution in [0.2, 0.25) is 0 Å². The van der Waals surface area contributed by atoms with Crippen molar-refractivity contribution in [2.45, 2.75) is 32.6 Å². The quantitative estimate of drug-likeness (QED) is 0.924. The number of nitrogens with zero attached hydrogens (tertiary/aromatic N) is 2. The smallest absolute Gasteiger partial charge is 0.223 e. The summed E-state index contributed by atoms with van der Waals surface area (Å²) in [5, 5.41) is 3.16. The standard InChI is InChI=1S/C18H27N3O2/c1-14-12-17(2-7-19-14)21-8-3-15(4-9-21)13-20-18(22)16-5-10-23-11-6-16/h2,7,12,15-16H,3-6,8-11,13H2,1H3,(H,20,22). The van der Waals surface area contributed by atoms with E-state index in [1.54, 1.807) is 0 Å². The van der Waals surface area contributed by atoms with E-state index in [1.165, 1.54) is 5.69 Å². The Hall–Kier alpha value is -1.62. The molecule has 1 N–H and O–H groups in total. The molecular formula is C18H27N3O2. The third kappa shape index (κ3) is 4.44. The molecule has 0 radical (unpaired) electrons. The number of carbonyl (C=O) groups is 1. The van der Waals surface area contributed by atoms with Gasteiger partial charge in [0.15, 0.2) is 0 Å². The SMILES string of the molecule is Cc1cc(N2CCC(CNC(=O)C3CCOCC3)CC2)ccn1. The number of piperidine rings is 1. The molecule has 126 valence electrons. The lowest BCUT2D eigenvalue weighted by Crippen LogP contribution is -2.41. The second-order valence-corrected chi connectivity index (χ2v) is 6.72. The van der Waals surface area contributed by atoms with E-state index in [1.807, 2.05) is 13.1 Å². The highest BCUT2D eigenvalue weighted by atomic mass is 16.5. The first-order chi connectivity index (χ1) is 11.2. The fourth-order valence-electron chi connectivity index (χ4n) is 3.47. The van der Waals surface area contributed by atoms with Crippen molar-refractivity contribution >= 4 is 11.6 Å². The third-order valence-corrected chi connectivity index (χ3v) is 5.02. The van der Waals surface area contributed by atoms with Crippen LogP contribution in [0.1, 0.15) is 31.4 Å². The highest BCUT2D eigenvalue weighted by Gasteiger charge is 2.24. The van der Waals surface area contributed by atoms with Crippen LogP contribution in [0, 0.1) is 18.8 Å². The van der Waals surface area contributed by atoms with E-state index in [9.17, 15) is 4.79 Å². The van der Waals surface area contributed by atoms with Gasteiger partial charge >= 0.3 is 0 Å². The predicted molar refractivity (Wildman–Crippen MR) is 90.5 cm³/mol. The van der Waals surface area contributed by atoms with E-state index in [0.717, 1.165) is 64.2 Å². The fraction of sp³-hybridized carbons (Fsp3) is 0.667. The zero-order valence-corrected chi connectivity index (χ0v) is 14.0. The van der Waals surface area contributed by atoms with Gasteiger partial charge in [0, 0.05) is 56.3 Å². The Kier molecular flexibility index (Phi) is 5.49. The van der Waals surface area contributed by atoms with Crippen molar-refractivity contribution in [2.24, 2.45) is 11.8 Å². The molecule has 0 spiro atoms. The van der Waals surface area contributed by atoms with Gasteiger partial charge in [-0.15, -0.1) is 0 Å². The molecule has 1 aromatic heterocycles. The number of rotatable bonds is 4. The molecule has 2 aliphatic heterocycles. The Morgan fingerprint density at radius 3 is 2.74 bits per heavy atom. The molecule has 0 aromatic carbocycles. The number of hydrogen-bond acceptors (Lipinski definition) is 4. The van der Waals surface area contributed by atoms with E-state index < -0.39 is 0 Å². The first kappa shape index (κ1) is 16.2. The first-order valence-corrected chi connectivity index (χ1v) is 8.75. The summed E-state index contributed by atoms with van der Waals surface area (Å²) in [5.41, 5.74) is 2.33. The van der Waals surface area contributed by atoms with Crippen LogP contribution in [0.15, 0.2) is 18.3 Å². The summed E-state index contributed by atoms with van der Waals surface area (Å²) < 4.78 is 5.32. The third-order valence-electron chi connectivity index (χ3n) is 5.02. The molecule has 5 nitrogen and oxygen atoms in total. The number of aryl methyl sites for hydroxylation is 1. The number of pyridine rings is 1. The molecule has 3 heterocycles. The van der Waals surface area contributed by atoms with E-state index in [0.29, 0.717) is 5.92 Å². The number of aromatic nitrogens is 1. The average Bonchev–Trinajstić information content (AvgIpc) is 2.61. The molecule has 3 rings (SSSR count). The molecular weight excluding hydrogens is 290 g/mol. The van der Waals surface area contributed by atoms with Gasteiger partial charge in [-0.1, -0.05) is 0 Å². The van der Waals surface area contributed by atoms with Gasteiger partial charge in [-0.3, -0.25) is 9.78 Å². The highest BCUT2D eigenvalue weighted by Crippen LogP contribution is 2.23. The van der Waals surface area contributed by atoms with Gasteiger partial charge in [-0.2, -0.15) is 0 Å². The maximum absolute atomic E-state index is 12.2. The lowest BCUT2D eigenvalue weighted by Gasteiger charge is -2.34. The number of anilines is 1. The van der Waals surface area contributed by atoms with Crippen LogP contribution in [-0.4, -0.2) is 43.7 Å². The van der Waals surface area contributed by atoms with Crippen molar-refractivity contribution in [2.75, 3.05) is 37.7 Å². The van der Waals surface area contributed by atoms with Crippen LogP contribution in [0.5, 0.6) is 0 Å². The van der Waals surface area contributed by atoms with Crippen LogP contribution >= 0.6 is 0 Å². The van der Waals surface area contributed by atoms with Crippen LogP contribution in [0.25, 0.3) is 0 Å². The van der Waals surface area contributed by atoms with E-state index in [2.05, 4.69) is 27.3 Å². The lowest BCUT2D eigenvalue weighted by atomic mass is 9.95. The summed E-state index contributed by atoms with van der Waals surface area (Å²) in [7, 11) is 0. The van der Waals surface area contributed by atoms with Gasteiger partial charge in [-0.25, -0.2) is 0 Å². The Morgan fingerprint density at radius 2 is 2.04 bits per heavy atom. The Balaban J connectivity index is 1.41. The number of carbonyl (C=O) groups excluding carboxylic acids is 1. The number of amides is 1. The van der Waals surface area contributed by atoms with E-state index >= 15 is 0 Å². The molecule has 2 saturated heterocycles. The fourth-order valence-corrected chi connectivity index (χ4v) is 3.47. The molecule has 5 heteroatoms. The summed E-state index contributed by atoms with van der Waals surface area (Å²) in [6.45, 7) is 6.41. The normalized spacial score (nSPS) is 20.5. The van der Waals surface area contributed by atoms with Crippen molar-refractivity contribution < 1.29 is 9.53 Å². The van der Waals surface area contributed by atoms with Crippen LogP contribution < -0.4 is 10.2 Å². The van der Waals surface area contributed by atoms with Crippen LogP contribution in [0.4, 0.5) is 5.69 Å². The molecule has 0 atom stereocenters. The van der Waals surface area contributed by atoms with Crippen LogP contribution in [0.3, 0.4) is 0 Å². The Bertz CT molecular complexity index is 521. The molecule has 1 amide bonds. The van der Waals surface area contributed by atoms with E-state index in [-0.39, 0.29) is 11.8 Å². The second kappa shape index (κ2) is 7.77. The number of hydrogen-bond donors (Lipinski definition) is 1. The molecule has 2 fully saturated rings. The van der Waals surface area contributed by atoms with Gasteiger partial charge in [0.2, 0.25) is 5.91 Å². The summed E-state index contributed by atoms with van der Waals surface area (Å²) in [6.07, 6.45) is 5.88. The maximum atomic E-state index is 12.2. The van der Waals surface area contributed by atoms with Crippen LogP contribution in [-0.2, 0) is 9.53 Å². The second-order valence-electron chi connectivity index (χ2n) is 6.72. The molecule has 0 aliphatic carbocycles. The topological polar surface area (TPSA) is 54.5 Å². The minimum atomic E-state index is 0.156. The van der Waals surface area contributed by atoms with Gasteiger partial charge in [0.05, 0.1) is 0 Å². The van der Waals surface area contributed by atoms with Crippen molar-refractivity contribution in [3.63, 3.8) is 0 Å². The van der Waals surface area contributed by atoms with Crippen molar-refractivity contribution in [1.82, 2.24) is 10.3 Å². The van der Waals surface area contributed by atoms with Crippen molar-refractivity contribution in [1.29, 1.82) is 0 Å². The highest BCUT2D eigenvalue weighted by molar-refractivity contribution is 5.78. The zero-order valence-electron chi connectivity index (χ0n) is 14.0. The number of ether oxygens (including phenoxy) is 1. The number of nitrogens with one attached hydrogen (secondary N) is 1. The Labute approximate surface area is 138 Å². The Morgan fingerprint density at radius 1 is 1.30 bits per heavy atom. The summed E-state index contributed by atoms with van der Waals surface area (Å²) >= 11 is 0.